The summed E-state index contributed by atoms with van der Waals surface area (Å²) in [5.74, 6) is 0.384. The molecule has 1 amide bonds. The van der Waals surface area contributed by atoms with E-state index in [0.717, 1.165) is 13.0 Å². The second kappa shape index (κ2) is 6.04. The van der Waals surface area contributed by atoms with E-state index in [2.05, 4.69) is 20.8 Å². The quantitative estimate of drug-likeness (QED) is 0.666. The maximum atomic E-state index is 11.2. The second-order valence-electron chi connectivity index (χ2n) is 2.83. The van der Waals surface area contributed by atoms with Crippen molar-refractivity contribution in [2.75, 3.05) is 18.4 Å². The van der Waals surface area contributed by atoms with E-state index in [1.165, 1.54) is 0 Å². The van der Waals surface area contributed by atoms with E-state index in [0.29, 0.717) is 12.4 Å². The molecule has 1 rings (SSSR count). The highest BCUT2D eigenvalue weighted by atomic mass is 16.2. The van der Waals surface area contributed by atoms with Crippen LogP contribution in [0.4, 0.5) is 5.82 Å². The summed E-state index contributed by atoms with van der Waals surface area (Å²) < 4.78 is 0. The maximum Gasteiger partial charge on any atom is 0.239 e. The standard InChI is InChI=1S/C9H14N4O/c1-2-5-10-7-9(14)12-8-4-3-6-11-13-8/h3-4,6,10H,2,5,7H2,1H3,(H,12,13,14). The number of nitrogens with one attached hydrogen (secondary N) is 2. The van der Waals surface area contributed by atoms with Crippen LogP contribution in [0.5, 0.6) is 0 Å². The lowest BCUT2D eigenvalue weighted by Crippen LogP contribution is -2.28. The van der Waals surface area contributed by atoms with Gasteiger partial charge in [0.25, 0.3) is 0 Å². The van der Waals surface area contributed by atoms with Crippen LogP contribution in [-0.2, 0) is 4.79 Å². The van der Waals surface area contributed by atoms with E-state index in [-0.39, 0.29) is 5.91 Å². The molecule has 0 saturated carbocycles. The van der Waals surface area contributed by atoms with Crippen LogP contribution in [0.2, 0.25) is 0 Å². The van der Waals surface area contributed by atoms with Gasteiger partial charge >= 0.3 is 0 Å². The maximum absolute atomic E-state index is 11.2. The number of hydrogen-bond acceptors (Lipinski definition) is 4. The topological polar surface area (TPSA) is 66.9 Å². The fraction of sp³-hybridized carbons (Fsp3) is 0.444. The molecular formula is C9H14N4O. The first-order valence-corrected chi connectivity index (χ1v) is 4.61. The van der Waals surface area contributed by atoms with Gasteiger partial charge in [0.15, 0.2) is 5.82 Å². The van der Waals surface area contributed by atoms with Gasteiger partial charge in [-0.2, -0.15) is 5.10 Å². The number of nitrogens with zero attached hydrogens (tertiary/aromatic N) is 2. The molecule has 5 nitrogen and oxygen atoms in total. The summed E-state index contributed by atoms with van der Waals surface area (Å²) in [6.07, 6.45) is 2.57. The summed E-state index contributed by atoms with van der Waals surface area (Å²) in [5, 5.41) is 13.0. The molecule has 0 spiro atoms. The van der Waals surface area contributed by atoms with Gasteiger partial charge in [-0.25, -0.2) is 0 Å². The second-order valence-corrected chi connectivity index (χ2v) is 2.83. The van der Waals surface area contributed by atoms with Crippen molar-refractivity contribution < 1.29 is 4.79 Å². The monoisotopic (exact) mass is 194 g/mol. The number of carbonyl (C=O) groups is 1. The molecule has 2 N–H and O–H groups in total. The minimum atomic E-state index is -0.0982. The van der Waals surface area contributed by atoms with Gasteiger partial charge in [-0.1, -0.05) is 6.92 Å². The van der Waals surface area contributed by atoms with Crippen molar-refractivity contribution in [2.45, 2.75) is 13.3 Å². The molecule has 5 heteroatoms. The molecule has 0 bridgehead atoms. The summed E-state index contributed by atoms with van der Waals surface area (Å²) in [5.41, 5.74) is 0. The summed E-state index contributed by atoms with van der Waals surface area (Å²) in [7, 11) is 0. The van der Waals surface area contributed by atoms with Crippen molar-refractivity contribution in [1.29, 1.82) is 0 Å². The molecule has 0 fully saturated rings. The normalized spacial score (nSPS) is 9.79. The number of amides is 1. The van der Waals surface area contributed by atoms with E-state index in [9.17, 15) is 4.79 Å². The van der Waals surface area contributed by atoms with E-state index in [1.54, 1.807) is 18.3 Å². The van der Waals surface area contributed by atoms with Crippen LogP contribution in [0.3, 0.4) is 0 Å². The Morgan fingerprint density at radius 3 is 3.07 bits per heavy atom. The van der Waals surface area contributed by atoms with Gasteiger partial charge in [0.2, 0.25) is 5.91 Å². The zero-order valence-corrected chi connectivity index (χ0v) is 8.16. The summed E-state index contributed by atoms with van der Waals surface area (Å²) >= 11 is 0. The highest BCUT2D eigenvalue weighted by Crippen LogP contribution is 1.96. The van der Waals surface area contributed by atoms with Crippen molar-refractivity contribution >= 4 is 11.7 Å². The minimum Gasteiger partial charge on any atom is -0.308 e. The number of carbonyl (C=O) groups excluding carboxylic acids is 1. The van der Waals surface area contributed by atoms with Crippen molar-refractivity contribution in [1.82, 2.24) is 15.5 Å². The van der Waals surface area contributed by atoms with Gasteiger partial charge in [0.1, 0.15) is 0 Å². The molecule has 0 aliphatic heterocycles. The molecule has 14 heavy (non-hydrogen) atoms. The van der Waals surface area contributed by atoms with Crippen molar-refractivity contribution in [2.24, 2.45) is 0 Å². The fourth-order valence-corrected chi connectivity index (χ4v) is 0.934. The fourth-order valence-electron chi connectivity index (χ4n) is 0.934. The van der Waals surface area contributed by atoms with Crippen molar-refractivity contribution in [3.63, 3.8) is 0 Å². The molecule has 0 unspecified atom stereocenters. The average molecular weight is 194 g/mol. The van der Waals surface area contributed by atoms with Crippen LogP contribution in [0, 0.1) is 0 Å². The molecule has 1 aromatic heterocycles. The number of aromatic nitrogens is 2. The first-order chi connectivity index (χ1) is 6.83. The van der Waals surface area contributed by atoms with Crippen molar-refractivity contribution in [3.8, 4) is 0 Å². The SMILES string of the molecule is CCCNCC(=O)Nc1cccnn1. The van der Waals surface area contributed by atoms with Crippen LogP contribution in [0.1, 0.15) is 13.3 Å². The Morgan fingerprint density at radius 1 is 1.57 bits per heavy atom. The highest BCUT2D eigenvalue weighted by Gasteiger charge is 2.01. The van der Waals surface area contributed by atoms with Crippen LogP contribution in [0.25, 0.3) is 0 Å². The van der Waals surface area contributed by atoms with Crippen molar-refractivity contribution in [3.05, 3.63) is 18.3 Å². The molecule has 76 valence electrons. The van der Waals surface area contributed by atoms with Crippen LogP contribution >= 0.6 is 0 Å². The first kappa shape index (κ1) is 10.6. The van der Waals surface area contributed by atoms with Gasteiger partial charge in [-0.05, 0) is 25.1 Å². The Hall–Kier alpha value is -1.49. The molecule has 0 saturated heterocycles. The molecule has 0 radical (unpaired) electrons. The van der Waals surface area contributed by atoms with Gasteiger partial charge in [-0.15, -0.1) is 5.10 Å². The zero-order valence-electron chi connectivity index (χ0n) is 8.16. The third-order valence-corrected chi connectivity index (χ3v) is 1.55. The lowest BCUT2D eigenvalue weighted by atomic mass is 10.4. The molecule has 1 aromatic rings. The van der Waals surface area contributed by atoms with Crippen LogP contribution in [0.15, 0.2) is 18.3 Å². The summed E-state index contributed by atoms with van der Waals surface area (Å²) in [4.78, 5) is 11.2. The summed E-state index contributed by atoms with van der Waals surface area (Å²) in [6, 6.07) is 3.42. The van der Waals surface area contributed by atoms with Crippen LogP contribution in [-0.4, -0.2) is 29.2 Å². The third-order valence-electron chi connectivity index (χ3n) is 1.55. The Kier molecular flexibility index (Phi) is 4.57. The molecule has 0 aliphatic carbocycles. The number of anilines is 1. The van der Waals surface area contributed by atoms with E-state index >= 15 is 0 Å². The average Bonchev–Trinajstić information content (AvgIpc) is 2.20. The summed E-state index contributed by atoms with van der Waals surface area (Å²) in [6.45, 7) is 3.20. The zero-order chi connectivity index (χ0) is 10.2. The molecule has 1 heterocycles. The van der Waals surface area contributed by atoms with E-state index < -0.39 is 0 Å². The Balaban J connectivity index is 2.27. The lowest BCUT2D eigenvalue weighted by Gasteiger charge is -2.03. The number of hydrogen-bond donors (Lipinski definition) is 2. The van der Waals surface area contributed by atoms with E-state index in [1.807, 2.05) is 6.92 Å². The smallest absolute Gasteiger partial charge is 0.239 e. The Labute approximate surface area is 82.9 Å². The lowest BCUT2D eigenvalue weighted by molar-refractivity contribution is -0.115. The predicted octanol–water partition coefficient (Wildman–Crippen LogP) is 0.415. The predicted molar refractivity (Wildman–Crippen MR) is 53.8 cm³/mol. The molecule has 0 atom stereocenters. The largest absolute Gasteiger partial charge is 0.308 e. The Bertz CT molecular complexity index is 275. The molecule has 0 aromatic carbocycles. The van der Waals surface area contributed by atoms with Gasteiger partial charge < -0.3 is 10.6 Å². The Morgan fingerprint density at radius 2 is 2.43 bits per heavy atom. The minimum absolute atomic E-state index is 0.0982. The molecule has 0 aliphatic rings. The van der Waals surface area contributed by atoms with E-state index in [4.69, 9.17) is 0 Å². The molecular weight excluding hydrogens is 180 g/mol. The third kappa shape index (κ3) is 3.95. The first-order valence-electron chi connectivity index (χ1n) is 4.61. The van der Waals surface area contributed by atoms with Gasteiger partial charge in [0, 0.05) is 6.20 Å². The van der Waals surface area contributed by atoms with Crippen LogP contribution < -0.4 is 10.6 Å². The highest BCUT2D eigenvalue weighted by molar-refractivity contribution is 5.91. The van der Waals surface area contributed by atoms with Gasteiger partial charge in [-0.3, -0.25) is 4.79 Å². The number of rotatable bonds is 5. The van der Waals surface area contributed by atoms with Gasteiger partial charge in [0.05, 0.1) is 6.54 Å².